The third-order valence-corrected chi connectivity index (χ3v) is 9.16. The van der Waals surface area contributed by atoms with Gasteiger partial charge in [-0.3, -0.25) is 24.7 Å². The van der Waals surface area contributed by atoms with Crippen molar-refractivity contribution in [3.63, 3.8) is 0 Å². The summed E-state index contributed by atoms with van der Waals surface area (Å²) in [6, 6.07) is 9.01. The van der Waals surface area contributed by atoms with Gasteiger partial charge in [-0.15, -0.1) is 0 Å². The summed E-state index contributed by atoms with van der Waals surface area (Å²) < 4.78 is 50.4. The number of likely N-dealkylation sites (tertiary alicyclic amines) is 1. The van der Waals surface area contributed by atoms with E-state index in [9.17, 15) is 18.8 Å². The molecule has 0 spiro atoms. The largest absolute Gasteiger partial charge is 0.454 e. The van der Waals surface area contributed by atoms with Gasteiger partial charge in [0.1, 0.15) is 22.8 Å². The number of anilines is 3. The lowest BCUT2D eigenvalue weighted by Gasteiger charge is -2.42. The molecule has 3 fully saturated rings. The number of amides is 4. The second-order valence-corrected chi connectivity index (χ2v) is 12.3. The van der Waals surface area contributed by atoms with E-state index in [-0.39, 0.29) is 36.1 Å². The molecule has 3 heterocycles. The SMILES string of the molecule is CN1CCN(C2CCN(C(=O)Nc3cc(Oc4cc(F)c(N(C(=O)C5(C(N)=O)CC5)c5ccc(F)cc5)cc4F)ccn3)CC2)CC1. The van der Waals surface area contributed by atoms with E-state index in [1.54, 1.807) is 4.90 Å². The van der Waals surface area contributed by atoms with Gasteiger partial charge in [0, 0.05) is 75.4 Å². The Morgan fingerprint density at radius 3 is 2.26 bits per heavy atom. The number of piperazine rings is 1. The molecule has 1 aliphatic carbocycles. The number of carbonyl (C=O) groups is 3. The zero-order valence-electron chi connectivity index (χ0n) is 25.9. The van der Waals surface area contributed by atoms with E-state index in [1.165, 1.54) is 30.5 Å². The Hall–Kier alpha value is -4.69. The van der Waals surface area contributed by atoms with Gasteiger partial charge in [0.25, 0.3) is 0 Å². The lowest BCUT2D eigenvalue weighted by molar-refractivity contribution is -0.133. The number of nitrogens with one attached hydrogen (secondary N) is 1. The molecule has 3 N–H and O–H groups in total. The molecule has 0 bridgehead atoms. The lowest BCUT2D eigenvalue weighted by Crippen LogP contribution is -2.53. The smallest absolute Gasteiger partial charge is 0.323 e. The Balaban J connectivity index is 1.14. The van der Waals surface area contributed by atoms with Crippen LogP contribution in [0.2, 0.25) is 0 Å². The van der Waals surface area contributed by atoms with Crippen molar-refractivity contribution in [2.24, 2.45) is 11.1 Å². The van der Waals surface area contributed by atoms with Crippen molar-refractivity contribution in [2.45, 2.75) is 31.7 Å². The maximum absolute atomic E-state index is 15.6. The molecule has 2 saturated heterocycles. The fraction of sp³-hybridized carbons (Fsp3) is 0.394. The van der Waals surface area contributed by atoms with Gasteiger partial charge in [-0.2, -0.15) is 0 Å². The predicted molar refractivity (Wildman–Crippen MR) is 168 cm³/mol. The second-order valence-electron chi connectivity index (χ2n) is 12.3. The molecule has 47 heavy (non-hydrogen) atoms. The molecule has 0 atom stereocenters. The van der Waals surface area contributed by atoms with Crippen LogP contribution in [0.15, 0.2) is 54.7 Å². The zero-order chi connectivity index (χ0) is 33.3. The summed E-state index contributed by atoms with van der Waals surface area (Å²) in [6.07, 6.45) is 3.42. The number of nitrogens with zero attached hydrogens (tertiary/aromatic N) is 5. The van der Waals surface area contributed by atoms with Gasteiger partial charge in [-0.25, -0.2) is 22.9 Å². The van der Waals surface area contributed by atoms with Crippen LogP contribution >= 0.6 is 0 Å². The summed E-state index contributed by atoms with van der Waals surface area (Å²) in [6.45, 7) is 5.34. The summed E-state index contributed by atoms with van der Waals surface area (Å²) in [5, 5.41) is 2.75. The number of pyridine rings is 1. The minimum absolute atomic E-state index is 0.0222. The van der Waals surface area contributed by atoms with Crippen LogP contribution in [0.3, 0.4) is 0 Å². The Kier molecular flexibility index (Phi) is 9.06. The number of likely N-dealkylation sites (N-methyl/N-ethyl adjacent to an activating group) is 1. The number of ether oxygens (including phenoxy) is 1. The Labute approximate surface area is 270 Å². The third-order valence-electron chi connectivity index (χ3n) is 9.16. The Bertz CT molecular complexity index is 1650. The lowest BCUT2D eigenvalue weighted by atomic mass is 10.0. The molecule has 0 radical (unpaired) electrons. The van der Waals surface area contributed by atoms with Crippen LogP contribution in [0, 0.1) is 22.9 Å². The molecule has 11 nitrogen and oxygen atoms in total. The summed E-state index contributed by atoms with van der Waals surface area (Å²) in [5.74, 6) is -4.65. The highest BCUT2D eigenvalue weighted by Gasteiger charge is 2.57. The molecule has 1 aromatic heterocycles. The molecule has 2 aromatic carbocycles. The molecule has 0 unspecified atom stereocenters. The molecule has 3 aromatic rings. The summed E-state index contributed by atoms with van der Waals surface area (Å²) >= 11 is 0. The first kappa shape index (κ1) is 32.3. The quantitative estimate of drug-likeness (QED) is 0.345. The number of piperidine rings is 1. The molecule has 2 aliphatic heterocycles. The number of aromatic nitrogens is 1. The van der Waals surface area contributed by atoms with Crippen LogP contribution in [0.5, 0.6) is 11.5 Å². The van der Waals surface area contributed by atoms with Crippen LogP contribution in [-0.2, 0) is 9.59 Å². The van der Waals surface area contributed by atoms with E-state index in [0.29, 0.717) is 19.1 Å². The van der Waals surface area contributed by atoms with Crippen molar-refractivity contribution in [3.8, 4) is 11.5 Å². The summed E-state index contributed by atoms with van der Waals surface area (Å²) in [5.41, 5.74) is 3.44. The fourth-order valence-electron chi connectivity index (χ4n) is 6.11. The number of primary amides is 1. The molecule has 4 amide bonds. The van der Waals surface area contributed by atoms with Crippen LogP contribution < -0.4 is 20.7 Å². The molecular weight excluding hydrogens is 615 g/mol. The van der Waals surface area contributed by atoms with Gasteiger partial charge in [-0.05, 0) is 63.1 Å². The number of hydrogen-bond donors (Lipinski definition) is 2. The van der Waals surface area contributed by atoms with Gasteiger partial charge in [0.15, 0.2) is 17.4 Å². The summed E-state index contributed by atoms with van der Waals surface area (Å²) in [7, 11) is 2.12. The van der Waals surface area contributed by atoms with Crippen LogP contribution in [0.25, 0.3) is 0 Å². The zero-order valence-corrected chi connectivity index (χ0v) is 25.9. The predicted octanol–water partition coefficient (Wildman–Crippen LogP) is 4.47. The monoisotopic (exact) mass is 651 g/mol. The average Bonchev–Trinajstić information content (AvgIpc) is 3.88. The van der Waals surface area contributed by atoms with E-state index in [1.807, 2.05) is 0 Å². The first-order chi connectivity index (χ1) is 22.5. The van der Waals surface area contributed by atoms with E-state index in [0.717, 1.165) is 68.2 Å². The van der Waals surface area contributed by atoms with Crippen molar-refractivity contribution in [1.82, 2.24) is 19.7 Å². The molecule has 3 aliphatic rings. The summed E-state index contributed by atoms with van der Waals surface area (Å²) in [4.78, 5) is 50.1. The van der Waals surface area contributed by atoms with Crippen molar-refractivity contribution < 1.29 is 32.3 Å². The van der Waals surface area contributed by atoms with Crippen molar-refractivity contribution >= 4 is 35.0 Å². The Morgan fingerprint density at radius 1 is 0.936 bits per heavy atom. The maximum Gasteiger partial charge on any atom is 0.323 e. The topological polar surface area (TPSA) is 124 Å². The first-order valence-corrected chi connectivity index (χ1v) is 15.6. The number of urea groups is 1. The number of benzene rings is 2. The first-order valence-electron chi connectivity index (χ1n) is 15.6. The maximum atomic E-state index is 15.6. The van der Waals surface area contributed by atoms with Crippen LogP contribution in [0.1, 0.15) is 25.7 Å². The minimum atomic E-state index is -1.56. The number of hydrogen-bond acceptors (Lipinski definition) is 7. The highest BCUT2D eigenvalue weighted by atomic mass is 19.1. The van der Waals surface area contributed by atoms with Crippen LogP contribution in [0.4, 0.5) is 35.2 Å². The van der Waals surface area contributed by atoms with Crippen molar-refractivity contribution in [3.05, 3.63) is 72.2 Å². The van der Waals surface area contributed by atoms with Gasteiger partial charge >= 0.3 is 6.03 Å². The van der Waals surface area contributed by atoms with E-state index >= 15 is 8.78 Å². The van der Waals surface area contributed by atoms with Crippen molar-refractivity contribution in [2.75, 3.05) is 56.5 Å². The Morgan fingerprint density at radius 2 is 1.62 bits per heavy atom. The molecular formula is C33H36F3N7O4. The fourth-order valence-corrected chi connectivity index (χ4v) is 6.11. The van der Waals surface area contributed by atoms with E-state index < -0.39 is 46.1 Å². The van der Waals surface area contributed by atoms with Gasteiger partial charge < -0.3 is 20.3 Å². The highest BCUT2D eigenvalue weighted by molar-refractivity contribution is 6.16. The number of halogens is 3. The molecule has 6 rings (SSSR count). The average molecular weight is 652 g/mol. The van der Waals surface area contributed by atoms with Gasteiger partial charge in [0.05, 0.1) is 5.69 Å². The van der Waals surface area contributed by atoms with E-state index in [2.05, 4.69) is 27.1 Å². The van der Waals surface area contributed by atoms with Crippen molar-refractivity contribution in [1.29, 1.82) is 0 Å². The minimum Gasteiger partial charge on any atom is -0.454 e. The van der Waals surface area contributed by atoms with Gasteiger partial charge in [-0.1, -0.05) is 0 Å². The standard InChI is InChI=1S/C33H36F3N7O4/c1-40-14-16-41(17-15-40)22-7-12-42(13-8-22)32(46)39-29-18-24(6-11-38-29)47-28-20-25(35)27(19-26(28)36)43(23-4-2-21(34)3-5-23)31(45)33(9-10-33)30(37)44/h2-6,11,18-20,22H,7-10,12-17H2,1H3,(H2,37,44)(H,38,39,46). The normalized spacial score (nSPS) is 18.4. The van der Waals surface area contributed by atoms with Gasteiger partial charge in [0.2, 0.25) is 11.8 Å². The third kappa shape index (κ3) is 6.88. The number of nitrogens with two attached hydrogens (primary N) is 1. The number of carbonyl (C=O) groups excluding carboxylic acids is 3. The molecule has 14 heteroatoms. The second kappa shape index (κ2) is 13.2. The molecule has 248 valence electrons. The van der Waals surface area contributed by atoms with Crippen LogP contribution in [-0.4, -0.2) is 89.9 Å². The number of rotatable bonds is 8. The molecule has 1 saturated carbocycles. The van der Waals surface area contributed by atoms with E-state index in [4.69, 9.17) is 10.5 Å². The highest BCUT2D eigenvalue weighted by Crippen LogP contribution is 2.49.